The first-order valence-corrected chi connectivity index (χ1v) is 17.2. The summed E-state index contributed by atoms with van der Waals surface area (Å²) in [5.74, 6) is 0.711. The maximum Gasteiger partial charge on any atom is 0.320 e. The van der Waals surface area contributed by atoms with Crippen LogP contribution in [0.25, 0.3) is 0 Å². The molecule has 0 spiro atoms. The fourth-order valence-corrected chi connectivity index (χ4v) is 5.52. The van der Waals surface area contributed by atoms with Crippen molar-refractivity contribution in [2.75, 3.05) is 45.7 Å². The average molecular weight is 694 g/mol. The van der Waals surface area contributed by atoms with E-state index in [1.54, 1.807) is 36.1 Å². The zero-order valence-electron chi connectivity index (χ0n) is 30.6. The lowest BCUT2D eigenvalue weighted by Crippen LogP contribution is -2.37. The number of anilines is 1. The highest BCUT2D eigenvalue weighted by atomic mass is 16.5. The number of likely N-dealkylation sites (N-methyl/N-ethyl adjacent to an activating group) is 1. The molecule has 5 N–H and O–H groups in total. The molecule has 3 amide bonds. The molecule has 1 aromatic carbocycles. The van der Waals surface area contributed by atoms with Gasteiger partial charge >= 0.3 is 6.03 Å². The Morgan fingerprint density at radius 1 is 1.06 bits per heavy atom. The summed E-state index contributed by atoms with van der Waals surface area (Å²) in [6, 6.07) is 12.2. The molecule has 13 heteroatoms. The molecule has 0 bridgehead atoms. The molecular weight excluding hydrogens is 634 g/mol. The topological polar surface area (TPSA) is 170 Å². The summed E-state index contributed by atoms with van der Waals surface area (Å²) >= 11 is 0. The Morgan fingerprint density at radius 2 is 1.78 bits per heavy atom. The standard InChI is InChI=1S/C37H53N9O4.3H2/c1-9-37(5,6)34(39)46-23-24(14-17-30(46)38)50-28-16-15-27(25-12-10-11-13-26(25)28)41-35(48)44-31-22-29(36(2,3)4)42-32(43-31)33(47)40-18-19-45(7)20-21-49-8;;;/h10-14,17,22-23,27-28,38-39H,9,15-16,18-21H2,1-8H3,(H,40,47)(H2,41,42,43,44,48);3*1H/t27-,28+;;;/m0.../s1. The number of hydrogen-bond acceptors (Lipinski definition) is 9. The smallest absolute Gasteiger partial charge is 0.320 e. The van der Waals surface area contributed by atoms with E-state index in [-0.39, 0.29) is 33.6 Å². The van der Waals surface area contributed by atoms with E-state index >= 15 is 0 Å². The van der Waals surface area contributed by atoms with Crippen molar-refractivity contribution in [1.29, 1.82) is 10.8 Å². The van der Waals surface area contributed by atoms with E-state index in [1.807, 2.05) is 72.9 Å². The van der Waals surface area contributed by atoms with Crippen LogP contribution in [-0.4, -0.2) is 77.6 Å². The number of amides is 3. The van der Waals surface area contributed by atoms with Crippen LogP contribution in [0.4, 0.5) is 10.6 Å². The van der Waals surface area contributed by atoms with E-state index < -0.39 is 22.8 Å². The molecule has 0 saturated heterocycles. The third-order valence-electron chi connectivity index (χ3n) is 9.10. The van der Waals surface area contributed by atoms with Crippen molar-refractivity contribution >= 4 is 23.6 Å². The Morgan fingerprint density at radius 3 is 2.46 bits per heavy atom. The van der Waals surface area contributed by atoms with Gasteiger partial charge in [0.25, 0.3) is 5.91 Å². The molecule has 0 radical (unpaired) electrons. The molecular formula is C37H59N9O4. The number of aromatic nitrogens is 3. The number of carbonyl (C=O) groups excluding carboxylic acids is 2. The highest BCUT2D eigenvalue weighted by Crippen LogP contribution is 2.39. The Hall–Kier alpha value is -4.62. The number of urea groups is 1. The van der Waals surface area contributed by atoms with Crippen molar-refractivity contribution in [3.63, 3.8) is 0 Å². The second-order valence-electron chi connectivity index (χ2n) is 14.4. The lowest BCUT2D eigenvalue weighted by molar-refractivity contribution is 0.0936. The van der Waals surface area contributed by atoms with E-state index in [0.717, 1.165) is 24.1 Å². The number of nitrogens with zero attached hydrogens (tertiary/aromatic N) is 4. The number of fused-ring (bicyclic) bond motifs is 1. The fourth-order valence-electron chi connectivity index (χ4n) is 5.52. The van der Waals surface area contributed by atoms with Gasteiger partial charge in [0.2, 0.25) is 5.82 Å². The molecule has 1 aliphatic rings. The first kappa shape index (κ1) is 38.2. The van der Waals surface area contributed by atoms with Gasteiger partial charge in [-0.15, -0.1) is 0 Å². The van der Waals surface area contributed by atoms with Crippen LogP contribution in [0.1, 0.15) is 105 Å². The van der Waals surface area contributed by atoms with Gasteiger partial charge < -0.3 is 25.0 Å². The summed E-state index contributed by atoms with van der Waals surface area (Å²) < 4.78 is 13.1. The zero-order valence-corrected chi connectivity index (χ0v) is 30.6. The van der Waals surface area contributed by atoms with Crippen molar-refractivity contribution in [1.82, 2.24) is 30.1 Å². The number of methoxy groups -OCH3 is 1. The maximum absolute atomic E-state index is 13.4. The molecule has 1 aliphatic carbocycles. The third kappa shape index (κ3) is 9.75. The van der Waals surface area contributed by atoms with Gasteiger partial charge in [-0.3, -0.25) is 25.5 Å². The van der Waals surface area contributed by atoms with Gasteiger partial charge in [0.05, 0.1) is 24.5 Å². The lowest BCUT2D eigenvalue weighted by atomic mass is 9.85. The Bertz CT molecular complexity index is 1750. The minimum atomic E-state index is -0.446. The highest BCUT2D eigenvalue weighted by molar-refractivity contribution is 5.92. The first-order chi connectivity index (χ1) is 23.6. The summed E-state index contributed by atoms with van der Waals surface area (Å²) in [5, 5.41) is 25.9. The van der Waals surface area contributed by atoms with Gasteiger partial charge in [-0.05, 0) is 49.6 Å². The summed E-state index contributed by atoms with van der Waals surface area (Å²) in [5.41, 5.74) is 1.95. The molecule has 0 fully saturated rings. The Kier molecular flexibility index (Phi) is 12.5. The van der Waals surface area contributed by atoms with Crippen LogP contribution >= 0.6 is 0 Å². The van der Waals surface area contributed by atoms with Gasteiger partial charge in [-0.2, -0.15) is 0 Å². The quantitative estimate of drug-likeness (QED) is 0.106. The van der Waals surface area contributed by atoms with Crippen LogP contribution < -0.4 is 26.2 Å². The highest BCUT2D eigenvalue weighted by Gasteiger charge is 2.30. The summed E-state index contributed by atoms with van der Waals surface area (Å²) in [6.07, 6.45) is 3.46. The van der Waals surface area contributed by atoms with Crippen LogP contribution in [0.5, 0.6) is 5.75 Å². The number of rotatable bonds is 13. The van der Waals surface area contributed by atoms with Crippen LogP contribution in [-0.2, 0) is 10.2 Å². The van der Waals surface area contributed by atoms with Crippen LogP contribution in [0.3, 0.4) is 0 Å². The van der Waals surface area contributed by atoms with E-state index in [4.69, 9.17) is 20.3 Å². The molecule has 0 saturated carbocycles. The van der Waals surface area contributed by atoms with E-state index in [1.165, 1.54) is 0 Å². The fraction of sp³-hybridized carbons (Fsp3) is 0.514. The predicted octanol–water partition coefficient (Wildman–Crippen LogP) is 6.14. The molecule has 2 aromatic heterocycles. The number of benzene rings is 1. The average Bonchev–Trinajstić information content (AvgIpc) is 3.08. The molecule has 2 heterocycles. The van der Waals surface area contributed by atoms with Crippen LogP contribution in [0.15, 0.2) is 48.7 Å². The second-order valence-corrected chi connectivity index (χ2v) is 14.4. The van der Waals surface area contributed by atoms with Crippen LogP contribution in [0.2, 0.25) is 0 Å². The Labute approximate surface area is 299 Å². The van der Waals surface area contributed by atoms with Gasteiger partial charge in [-0.25, -0.2) is 14.8 Å². The van der Waals surface area contributed by atoms with Crippen molar-refractivity contribution in [3.05, 3.63) is 76.8 Å². The lowest BCUT2D eigenvalue weighted by Gasteiger charge is -2.32. The molecule has 2 atom stereocenters. The summed E-state index contributed by atoms with van der Waals surface area (Å²) in [6.45, 7) is 14.4. The molecule has 13 nitrogen and oxygen atoms in total. The molecule has 0 aliphatic heterocycles. The normalized spacial score (nSPS) is 16.0. The largest absolute Gasteiger partial charge is 0.484 e. The second kappa shape index (κ2) is 16.4. The van der Waals surface area contributed by atoms with Gasteiger partial charge in [0.15, 0.2) is 0 Å². The van der Waals surface area contributed by atoms with E-state index in [0.29, 0.717) is 49.8 Å². The van der Waals surface area contributed by atoms with Crippen molar-refractivity contribution in [2.45, 2.75) is 78.4 Å². The molecule has 0 unspecified atom stereocenters. The summed E-state index contributed by atoms with van der Waals surface area (Å²) in [4.78, 5) is 37.4. The number of pyridine rings is 1. The minimum Gasteiger partial charge on any atom is -0.484 e. The third-order valence-corrected chi connectivity index (χ3v) is 9.10. The Balaban J connectivity index is 0.00000468. The van der Waals surface area contributed by atoms with Crippen LogP contribution in [0, 0.1) is 16.2 Å². The summed E-state index contributed by atoms with van der Waals surface area (Å²) in [7, 11) is 3.61. The predicted molar refractivity (Wildman–Crippen MR) is 200 cm³/mol. The SMILES string of the molecule is CCC(C)(C)C(=N)n1cc(O[C@@H]2CC[C@H](NC(=O)Nc3cc(C(C)(C)C)nc(C(=O)NCCN(C)CCOC)n3)c3ccccc32)ccc1=N.[HH].[HH].[HH]. The number of nitrogens with one attached hydrogen (secondary N) is 5. The molecule has 276 valence electrons. The molecule has 4 rings (SSSR count). The number of ether oxygens (including phenoxy) is 2. The number of hydrogen-bond donors (Lipinski definition) is 5. The molecule has 50 heavy (non-hydrogen) atoms. The van der Waals surface area contributed by atoms with Crippen molar-refractivity contribution in [2.24, 2.45) is 5.41 Å². The monoisotopic (exact) mass is 693 g/mol. The van der Waals surface area contributed by atoms with Gasteiger partial charge in [0.1, 0.15) is 29.0 Å². The maximum atomic E-state index is 13.4. The van der Waals surface area contributed by atoms with Gasteiger partial charge in [-0.1, -0.05) is 65.8 Å². The van der Waals surface area contributed by atoms with Crippen molar-refractivity contribution < 1.29 is 23.3 Å². The first-order valence-electron chi connectivity index (χ1n) is 17.2. The van der Waals surface area contributed by atoms with Gasteiger partial charge in [0, 0.05) is 47.9 Å². The zero-order chi connectivity index (χ0) is 36.6. The van der Waals surface area contributed by atoms with E-state index in [9.17, 15) is 9.59 Å². The van der Waals surface area contributed by atoms with Crippen molar-refractivity contribution in [3.8, 4) is 5.75 Å². The van der Waals surface area contributed by atoms with E-state index in [2.05, 4.69) is 30.8 Å². The number of carbonyl (C=O) groups is 2. The molecule has 3 aromatic rings. The minimum absolute atomic E-state index is 0.